The van der Waals surface area contributed by atoms with Crippen LogP contribution in [0.3, 0.4) is 0 Å². The number of hydrogen-bond acceptors (Lipinski definition) is 4. The van der Waals surface area contributed by atoms with Crippen LogP contribution in [0.25, 0.3) is 0 Å². The second-order valence-corrected chi connectivity index (χ2v) is 8.04. The van der Waals surface area contributed by atoms with Crippen LogP contribution in [0.4, 0.5) is 0 Å². The van der Waals surface area contributed by atoms with E-state index in [2.05, 4.69) is 67.6 Å². The Hall–Kier alpha value is -0.160. The van der Waals surface area contributed by atoms with Crippen molar-refractivity contribution in [2.45, 2.75) is 86.0 Å². The van der Waals surface area contributed by atoms with Crippen molar-refractivity contribution in [3.63, 3.8) is 0 Å². The molecule has 0 bridgehead atoms. The molecule has 0 amide bonds. The van der Waals surface area contributed by atoms with Gasteiger partial charge >= 0.3 is 0 Å². The molecule has 0 rings (SSSR count). The van der Waals surface area contributed by atoms with E-state index in [0.29, 0.717) is 25.8 Å². The Morgan fingerprint density at radius 1 is 0.909 bits per heavy atom. The van der Waals surface area contributed by atoms with Crippen LogP contribution in [0.2, 0.25) is 0 Å². The lowest BCUT2D eigenvalue weighted by molar-refractivity contribution is -0.120. The lowest BCUT2D eigenvalue weighted by atomic mass is 10.0. The number of rotatable bonds is 10. The Morgan fingerprint density at radius 2 is 1.41 bits per heavy atom. The minimum absolute atomic E-state index is 0.175. The maximum absolute atomic E-state index is 5.89. The van der Waals surface area contributed by atoms with Crippen molar-refractivity contribution in [3.05, 3.63) is 0 Å². The van der Waals surface area contributed by atoms with Crippen molar-refractivity contribution in [1.82, 2.24) is 5.32 Å². The minimum Gasteiger partial charge on any atom is -0.373 e. The predicted molar refractivity (Wildman–Crippen MR) is 97.4 cm³/mol. The number of nitrogens with two attached hydrogens (primary N) is 1. The summed E-state index contributed by atoms with van der Waals surface area (Å²) in [6.07, 6.45) is 0.859. The fourth-order valence-corrected chi connectivity index (χ4v) is 1.51. The van der Waals surface area contributed by atoms with Gasteiger partial charge in [0.05, 0.1) is 24.4 Å². The summed E-state index contributed by atoms with van der Waals surface area (Å²) in [5, 5.41) is 3.33. The summed E-state index contributed by atoms with van der Waals surface area (Å²) in [5.41, 5.74) is 5.13. The molecule has 0 spiro atoms. The highest BCUT2D eigenvalue weighted by Crippen LogP contribution is 2.18. The molecule has 4 nitrogen and oxygen atoms in total. The van der Waals surface area contributed by atoms with Gasteiger partial charge in [0, 0.05) is 12.6 Å². The maximum atomic E-state index is 5.89. The molecule has 0 aliphatic carbocycles. The molecular formula is C18H42N2O2. The van der Waals surface area contributed by atoms with E-state index < -0.39 is 0 Å². The van der Waals surface area contributed by atoms with Crippen molar-refractivity contribution in [3.8, 4) is 0 Å². The van der Waals surface area contributed by atoms with E-state index in [1.807, 2.05) is 0 Å². The zero-order chi connectivity index (χ0) is 17.8. The normalized spacial score (nSPS) is 12.5. The summed E-state index contributed by atoms with van der Waals surface area (Å²) in [4.78, 5) is 0. The molecule has 136 valence electrons. The van der Waals surface area contributed by atoms with Gasteiger partial charge in [-0.3, -0.25) is 0 Å². The summed E-state index contributed by atoms with van der Waals surface area (Å²) in [5.74, 6) is 0.833. The zero-order valence-electron chi connectivity index (χ0n) is 16.6. The van der Waals surface area contributed by atoms with Crippen LogP contribution >= 0.6 is 0 Å². The molecule has 4 heteroatoms. The van der Waals surface area contributed by atoms with Crippen molar-refractivity contribution >= 4 is 0 Å². The predicted octanol–water partition coefficient (Wildman–Crippen LogP) is 3.59. The van der Waals surface area contributed by atoms with Crippen molar-refractivity contribution in [2.24, 2.45) is 11.7 Å². The Bertz CT molecular complexity index is 249. The molecule has 22 heavy (non-hydrogen) atoms. The average molecular weight is 319 g/mol. The Balaban J connectivity index is 0. The van der Waals surface area contributed by atoms with Gasteiger partial charge in [0.15, 0.2) is 0 Å². The molecule has 0 aromatic heterocycles. The first-order valence-corrected chi connectivity index (χ1v) is 8.63. The van der Waals surface area contributed by atoms with Gasteiger partial charge in [0.2, 0.25) is 0 Å². The van der Waals surface area contributed by atoms with Crippen LogP contribution in [0, 0.1) is 5.92 Å². The summed E-state index contributed by atoms with van der Waals surface area (Å²) in [7, 11) is 0. The van der Waals surface area contributed by atoms with Crippen LogP contribution in [0.5, 0.6) is 0 Å². The lowest BCUT2D eigenvalue weighted by Gasteiger charge is -2.32. The fraction of sp³-hybridized carbons (Fsp3) is 1.00. The smallest absolute Gasteiger partial charge is 0.0859 e. The number of nitrogens with one attached hydrogen (secondary N) is 1. The van der Waals surface area contributed by atoms with Crippen LogP contribution in [-0.2, 0) is 9.47 Å². The van der Waals surface area contributed by atoms with Crippen molar-refractivity contribution < 1.29 is 9.47 Å². The highest BCUT2D eigenvalue weighted by molar-refractivity contribution is 4.74. The number of ether oxygens (including phenoxy) is 2. The van der Waals surface area contributed by atoms with E-state index in [1.54, 1.807) is 0 Å². The quantitative estimate of drug-likeness (QED) is 0.604. The lowest BCUT2D eigenvalue weighted by Crippen LogP contribution is -2.39. The molecule has 0 aliphatic rings. The molecule has 0 fully saturated rings. The second kappa shape index (κ2) is 12.3. The van der Waals surface area contributed by atoms with Crippen LogP contribution < -0.4 is 11.1 Å². The standard InChI is InChI=1S/C14H32N2O2.C4H10/c1-12(2)16-9-10-17-14(5,6)11-18-13(3,4)7-8-15;1-4(2)3/h12,16H,7-11,15H2,1-6H3;4H,1-3H3. The molecule has 0 aliphatic heterocycles. The third-order valence-corrected chi connectivity index (χ3v) is 2.70. The molecule has 0 radical (unpaired) electrons. The highest BCUT2D eigenvalue weighted by atomic mass is 16.6. The van der Waals surface area contributed by atoms with Gasteiger partial charge in [-0.05, 0) is 46.6 Å². The Morgan fingerprint density at radius 3 is 1.82 bits per heavy atom. The first kappa shape index (κ1) is 24.1. The van der Waals surface area contributed by atoms with Crippen molar-refractivity contribution in [2.75, 3.05) is 26.3 Å². The SMILES string of the molecule is CC(C)C.CC(C)NCCOC(C)(C)COC(C)(C)CCN. The zero-order valence-corrected chi connectivity index (χ0v) is 16.6. The summed E-state index contributed by atoms with van der Waals surface area (Å²) in [6.45, 7) is 21.8. The molecule has 3 N–H and O–H groups in total. The largest absolute Gasteiger partial charge is 0.373 e. The van der Waals surface area contributed by atoms with Gasteiger partial charge in [-0.15, -0.1) is 0 Å². The third-order valence-electron chi connectivity index (χ3n) is 2.70. The van der Waals surface area contributed by atoms with Crippen LogP contribution in [-0.4, -0.2) is 43.5 Å². The highest BCUT2D eigenvalue weighted by Gasteiger charge is 2.24. The molecule has 0 atom stereocenters. The molecule has 0 aromatic carbocycles. The van der Waals surface area contributed by atoms with Gasteiger partial charge < -0.3 is 20.5 Å². The molecule has 0 saturated heterocycles. The van der Waals surface area contributed by atoms with Gasteiger partial charge in [-0.2, -0.15) is 0 Å². The van der Waals surface area contributed by atoms with Crippen molar-refractivity contribution in [1.29, 1.82) is 0 Å². The third kappa shape index (κ3) is 19.8. The fourth-order valence-electron chi connectivity index (χ4n) is 1.51. The molecular weight excluding hydrogens is 276 g/mol. The van der Waals surface area contributed by atoms with E-state index in [0.717, 1.165) is 18.9 Å². The monoisotopic (exact) mass is 318 g/mol. The maximum Gasteiger partial charge on any atom is 0.0859 e. The molecule has 0 unspecified atom stereocenters. The average Bonchev–Trinajstić information content (AvgIpc) is 2.32. The summed E-state index contributed by atoms with van der Waals surface area (Å²) >= 11 is 0. The van der Waals surface area contributed by atoms with Gasteiger partial charge in [0.25, 0.3) is 0 Å². The Kier molecular flexibility index (Phi) is 13.5. The minimum atomic E-state index is -0.259. The topological polar surface area (TPSA) is 56.5 Å². The second-order valence-electron chi connectivity index (χ2n) is 8.04. The van der Waals surface area contributed by atoms with Gasteiger partial charge in [0.1, 0.15) is 0 Å². The first-order chi connectivity index (χ1) is 9.92. The van der Waals surface area contributed by atoms with E-state index in [4.69, 9.17) is 15.2 Å². The van der Waals surface area contributed by atoms with E-state index in [9.17, 15) is 0 Å². The first-order valence-electron chi connectivity index (χ1n) is 8.63. The number of hydrogen-bond donors (Lipinski definition) is 2. The molecule has 0 saturated carbocycles. The van der Waals surface area contributed by atoms with E-state index in [1.165, 1.54) is 0 Å². The summed E-state index contributed by atoms with van der Waals surface area (Å²) in [6, 6.07) is 0.497. The van der Waals surface area contributed by atoms with E-state index >= 15 is 0 Å². The van der Waals surface area contributed by atoms with Crippen LogP contribution in [0.15, 0.2) is 0 Å². The molecule has 0 heterocycles. The van der Waals surface area contributed by atoms with E-state index in [-0.39, 0.29) is 11.2 Å². The molecule has 0 aromatic rings. The van der Waals surface area contributed by atoms with Gasteiger partial charge in [-0.1, -0.05) is 34.6 Å². The Labute approximate surface area is 139 Å². The van der Waals surface area contributed by atoms with Gasteiger partial charge in [-0.25, -0.2) is 0 Å². The summed E-state index contributed by atoms with van der Waals surface area (Å²) < 4.78 is 11.7. The van der Waals surface area contributed by atoms with Crippen LogP contribution in [0.1, 0.15) is 68.7 Å².